The Morgan fingerprint density at radius 2 is 2.05 bits per heavy atom. The summed E-state index contributed by atoms with van der Waals surface area (Å²) in [6.45, 7) is 8.91. The van der Waals surface area contributed by atoms with Gasteiger partial charge in [0.1, 0.15) is 0 Å². The van der Waals surface area contributed by atoms with Crippen LogP contribution in [-0.4, -0.2) is 60.0 Å². The van der Waals surface area contributed by atoms with Gasteiger partial charge in [-0.2, -0.15) is 0 Å². The lowest BCUT2D eigenvalue weighted by Crippen LogP contribution is -2.47. The van der Waals surface area contributed by atoms with Crippen molar-refractivity contribution in [2.24, 2.45) is 0 Å². The molecule has 1 amide bonds. The van der Waals surface area contributed by atoms with Crippen molar-refractivity contribution in [2.45, 2.75) is 6.42 Å². The first-order chi connectivity index (χ1) is 10.3. The number of nitrogens with zero attached hydrogens (tertiary/aromatic N) is 4. The lowest BCUT2D eigenvalue weighted by molar-refractivity contribution is -0.116. The van der Waals surface area contributed by atoms with Crippen LogP contribution in [0.3, 0.4) is 0 Å². The third-order valence-corrected chi connectivity index (χ3v) is 3.39. The Hall–Kier alpha value is -2.17. The molecule has 1 aromatic heterocycles. The highest BCUT2D eigenvalue weighted by Crippen LogP contribution is 2.09. The van der Waals surface area contributed by atoms with E-state index in [1.807, 2.05) is 6.07 Å². The van der Waals surface area contributed by atoms with Crippen molar-refractivity contribution in [1.29, 1.82) is 0 Å². The fourth-order valence-corrected chi connectivity index (χ4v) is 2.28. The summed E-state index contributed by atoms with van der Waals surface area (Å²) < 4.78 is 0. The van der Waals surface area contributed by atoms with E-state index in [0.717, 1.165) is 45.1 Å². The topological polar surface area (TPSA) is 61.4 Å². The number of rotatable bonds is 6. The van der Waals surface area contributed by atoms with E-state index in [1.165, 1.54) is 6.08 Å². The second-order valence-electron chi connectivity index (χ2n) is 4.87. The number of hydrogen-bond donors (Lipinski definition) is 1. The van der Waals surface area contributed by atoms with Crippen molar-refractivity contribution in [3.8, 4) is 0 Å². The lowest BCUT2D eigenvalue weighted by Gasteiger charge is -2.34. The molecule has 2 rings (SSSR count). The molecule has 0 atom stereocenters. The Kier molecular flexibility index (Phi) is 5.94. The summed E-state index contributed by atoms with van der Waals surface area (Å²) in [6, 6.07) is 1.83. The highest BCUT2D eigenvalue weighted by Gasteiger charge is 2.17. The molecule has 1 aliphatic rings. The fourth-order valence-electron chi connectivity index (χ4n) is 2.28. The minimum atomic E-state index is -0.129. The van der Waals surface area contributed by atoms with E-state index in [2.05, 4.69) is 37.4 Å². The number of aromatic nitrogens is 2. The lowest BCUT2D eigenvalue weighted by atomic mass is 10.3. The quantitative estimate of drug-likeness (QED) is 0.467. The molecule has 0 unspecified atom stereocenters. The average Bonchev–Trinajstić information content (AvgIpc) is 2.53. The van der Waals surface area contributed by atoms with Gasteiger partial charge in [-0.25, -0.2) is 9.97 Å². The number of nitrogens with one attached hydrogen (secondary N) is 1. The van der Waals surface area contributed by atoms with E-state index in [1.54, 1.807) is 12.4 Å². The van der Waals surface area contributed by atoms with Crippen LogP contribution in [0.1, 0.15) is 6.42 Å². The van der Waals surface area contributed by atoms with Gasteiger partial charge in [0, 0.05) is 51.2 Å². The Morgan fingerprint density at radius 3 is 2.71 bits per heavy atom. The number of anilines is 1. The molecule has 1 fully saturated rings. The van der Waals surface area contributed by atoms with E-state index >= 15 is 0 Å². The zero-order valence-electron chi connectivity index (χ0n) is 12.2. The molecule has 0 bridgehead atoms. The van der Waals surface area contributed by atoms with Crippen LogP contribution >= 0.6 is 0 Å². The van der Waals surface area contributed by atoms with Crippen LogP contribution in [0.4, 0.5) is 5.95 Å². The van der Waals surface area contributed by atoms with Crippen molar-refractivity contribution in [2.75, 3.05) is 44.2 Å². The average molecular weight is 287 g/mol. The van der Waals surface area contributed by atoms with Crippen LogP contribution < -0.4 is 10.2 Å². The van der Waals surface area contributed by atoms with Crippen molar-refractivity contribution < 1.29 is 4.79 Å². The predicted octanol–water partition coefficient (Wildman–Crippen LogP) is 0.446. The van der Waals surface area contributed by atoms with Gasteiger partial charge in [0.25, 0.3) is 5.91 Å². The largest absolute Gasteiger partial charge is 0.352 e. The van der Waals surface area contributed by atoms with Crippen molar-refractivity contribution >= 4 is 11.9 Å². The van der Waals surface area contributed by atoms with Gasteiger partial charge in [0.05, 0.1) is 0 Å². The number of hydrogen-bond acceptors (Lipinski definition) is 5. The maximum Gasteiger partial charge on any atom is 0.251 e. The van der Waals surface area contributed by atoms with Crippen molar-refractivity contribution in [1.82, 2.24) is 20.2 Å². The highest BCUT2D eigenvalue weighted by atomic mass is 16.1. The monoisotopic (exact) mass is 287 g/mol. The molecular weight excluding hydrogens is 266 g/mol. The molecule has 0 saturated carbocycles. The standard InChI is InChI=1S/C15H21N5O/c1-2-5-14(21)16-8-4-9-19-10-12-20(13-11-19)15-17-6-3-7-18-15/h3,5-7H,1,4,8-13H2,(H,16,21). The van der Waals surface area contributed by atoms with Crippen LogP contribution in [0.2, 0.25) is 0 Å². The highest BCUT2D eigenvalue weighted by molar-refractivity contribution is 5.87. The van der Waals surface area contributed by atoms with E-state index in [0.29, 0.717) is 6.54 Å². The minimum absolute atomic E-state index is 0.129. The Morgan fingerprint density at radius 1 is 1.33 bits per heavy atom. The van der Waals surface area contributed by atoms with E-state index < -0.39 is 0 Å². The molecule has 1 saturated heterocycles. The molecule has 6 heteroatoms. The normalized spacial score (nSPS) is 15.3. The van der Waals surface area contributed by atoms with Gasteiger partial charge < -0.3 is 10.2 Å². The van der Waals surface area contributed by atoms with Gasteiger partial charge in [-0.3, -0.25) is 9.69 Å². The van der Waals surface area contributed by atoms with Gasteiger partial charge in [0.15, 0.2) is 0 Å². The zero-order valence-corrected chi connectivity index (χ0v) is 12.2. The summed E-state index contributed by atoms with van der Waals surface area (Å²) >= 11 is 0. The summed E-state index contributed by atoms with van der Waals surface area (Å²) in [7, 11) is 0. The summed E-state index contributed by atoms with van der Waals surface area (Å²) in [4.78, 5) is 24.3. The maximum absolute atomic E-state index is 11.2. The van der Waals surface area contributed by atoms with Gasteiger partial charge in [-0.15, -0.1) is 5.73 Å². The third kappa shape index (κ3) is 5.02. The molecule has 112 valence electrons. The van der Waals surface area contributed by atoms with Crippen molar-refractivity contribution in [3.63, 3.8) is 0 Å². The molecule has 0 radical (unpaired) electrons. The summed E-state index contributed by atoms with van der Waals surface area (Å²) in [6.07, 6.45) is 5.81. The summed E-state index contributed by atoms with van der Waals surface area (Å²) in [5, 5.41) is 2.80. The molecule has 0 aliphatic carbocycles. The van der Waals surface area contributed by atoms with Crippen LogP contribution in [-0.2, 0) is 4.79 Å². The van der Waals surface area contributed by atoms with E-state index in [4.69, 9.17) is 0 Å². The molecule has 0 aromatic carbocycles. The number of carbonyl (C=O) groups excluding carboxylic acids is 1. The Balaban J connectivity index is 1.63. The fraction of sp³-hybridized carbons (Fsp3) is 0.467. The van der Waals surface area contributed by atoms with Crippen LogP contribution in [0.25, 0.3) is 0 Å². The van der Waals surface area contributed by atoms with Crippen molar-refractivity contribution in [3.05, 3.63) is 36.8 Å². The second-order valence-corrected chi connectivity index (χ2v) is 4.87. The zero-order chi connectivity index (χ0) is 14.9. The van der Waals surface area contributed by atoms with Crippen LogP contribution in [0, 0.1) is 0 Å². The molecule has 0 spiro atoms. The summed E-state index contributed by atoms with van der Waals surface area (Å²) in [5.41, 5.74) is 2.46. The summed E-state index contributed by atoms with van der Waals surface area (Å²) in [5.74, 6) is 0.677. The van der Waals surface area contributed by atoms with Gasteiger partial charge in [-0.05, 0) is 19.0 Å². The molecule has 2 heterocycles. The molecule has 21 heavy (non-hydrogen) atoms. The van der Waals surface area contributed by atoms with E-state index in [9.17, 15) is 4.79 Å². The minimum Gasteiger partial charge on any atom is -0.352 e. The SMILES string of the molecule is C=C=CC(=O)NCCCN1CCN(c2ncccn2)CC1. The molecule has 1 aromatic rings. The first kappa shape index (κ1) is 15.2. The van der Waals surface area contributed by atoms with Gasteiger partial charge in [0.2, 0.25) is 5.95 Å². The smallest absolute Gasteiger partial charge is 0.251 e. The number of piperazine rings is 1. The third-order valence-electron chi connectivity index (χ3n) is 3.39. The van der Waals surface area contributed by atoms with Crippen LogP contribution in [0.15, 0.2) is 36.8 Å². The molecular formula is C15H21N5O. The number of amides is 1. The maximum atomic E-state index is 11.2. The number of carbonyl (C=O) groups is 1. The first-order valence-corrected chi connectivity index (χ1v) is 7.17. The second kappa shape index (κ2) is 8.19. The van der Waals surface area contributed by atoms with Gasteiger partial charge in [-0.1, -0.05) is 6.58 Å². The molecule has 6 nitrogen and oxygen atoms in total. The van der Waals surface area contributed by atoms with E-state index in [-0.39, 0.29) is 5.91 Å². The molecule has 1 aliphatic heterocycles. The first-order valence-electron chi connectivity index (χ1n) is 7.17. The molecule has 1 N–H and O–H groups in total. The predicted molar refractivity (Wildman–Crippen MR) is 82.0 cm³/mol. The Labute approximate surface area is 125 Å². The van der Waals surface area contributed by atoms with Crippen LogP contribution in [0.5, 0.6) is 0 Å². The van der Waals surface area contributed by atoms with Gasteiger partial charge >= 0.3 is 0 Å². The Bertz CT molecular complexity index is 490.